The SMILES string of the molecule is COCCN(CC(=O)Nc1cc(C(C)(C)C)nn1-c1ccccc1C)C(=O)Nc1ccc(F)c(F)c1. The minimum absolute atomic E-state index is 0.0640. The number of aryl methyl sites for hydroxylation is 1. The van der Waals surface area contributed by atoms with Crippen LogP contribution in [0.2, 0.25) is 0 Å². The van der Waals surface area contributed by atoms with Crippen LogP contribution < -0.4 is 10.6 Å². The summed E-state index contributed by atoms with van der Waals surface area (Å²) in [5.74, 6) is -2.11. The summed E-state index contributed by atoms with van der Waals surface area (Å²) in [4.78, 5) is 27.1. The van der Waals surface area contributed by atoms with Crippen LogP contribution in [0.25, 0.3) is 5.69 Å². The predicted molar refractivity (Wildman–Crippen MR) is 134 cm³/mol. The zero-order valence-corrected chi connectivity index (χ0v) is 21.1. The lowest BCUT2D eigenvalue weighted by Crippen LogP contribution is -2.42. The van der Waals surface area contributed by atoms with Crippen LogP contribution in [0.15, 0.2) is 48.5 Å². The van der Waals surface area contributed by atoms with Gasteiger partial charge in [-0.3, -0.25) is 4.79 Å². The third-order valence-electron chi connectivity index (χ3n) is 5.45. The fourth-order valence-electron chi connectivity index (χ4n) is 3.41. The molecule has 0 radical (unpaired) electrons. The standard InChI is InChI=1S/C26H31F2N5O3/c1-17-8-6-7-9-21(17)33-23(15-22(31-33)26(2,3)4)30-24(34)16-32(12-13-36-5)25(35)29-18-10-11-19(27)20(28)14-18/h6-11,14-15H,12-13,16H2,1-5H3,(H,29,35)(H,30,34). The molecule has 0 bridgehead atoms. The van der Waals surface area contributed by atoms with Crippen LogP contribution in [0.1, 0.15) is 32.0 Å². The Hall–Kier alpha value is -3.79. The van der Waals surface area contributed by atoms with E-state index in [1.165, 1.54) is 18.1 Å². The van der Waals surface area contributed by atoms with Gasteiger partial charge in [-0.25, -0.2) is 18.3 Å². The van der Waals surface area contributed by atoms with E-state index in [0.717, 1.165) is 29.1 Å². The summed E-state index contributed by atoms with van der Waals surface area (Å²) in [5.41, 5.74) is 2.38. The molecule has 0 atom stereocenters. The molecule has 3 amide bonds. The maximum atomic E-state index is 13.5. The Bertz CT molecular complexity index is 1240. The number of hydrogen-bond acceptors (Lipinski definition) is 4. The van der Waals surface area contributed by atoms with E-state index in [1.54, 1.807) is 4.68 Å². The highest BCUT2D eigenvalue weighted by Gasteiger charge is 2.23. The molecule has 8 nitrogen and oxygen atoms in total. The van der Waals surface area contributed by atoms with Gasteiger partial charge >= 0.3 is 6.03 Å². The second-order valence-corrected chi connectivity index (χ2v) is 9.38. The smallest absolute Gasteiger partial charge is 0.322 e. The highest BCUT2D eigenvalue weighted by Crippen LogP contribution is 2.27. The molecule has 10 heteroatoms. The van der Waals surface area contributed by atoms with E-state index in [2.05, 4.69) is 10.6 Å². The summed E-state index contributed by atoms with van der Waals surface area (Å²) in [5, 5.41) is 10.1. The van der Waals surface area contributed by atoms with Gasteiger partial charge in [-0.2, -0.15) is 5.10 Å². The highest BCUT2D eigenvalue weighted by atomic mass is 19.2. The fourth-order valence-corrected chi connectivity index (χ4v) is 3.41. The van der Waals surface area contributed by atoms with Gasteiger partial charge in [-0.05, 0) is 30.7 Å². The first kappa shape index (κ1) is 26.8. The molecule has 0 aliphatic heterocycles. The molecule has 0 fully saturated rings. The predicted octanol–water partition coefficient (Wildman–Crippen LogP) is 4.88. The van der Waals surface area contributed by atoms with E-state index in [0.29, 0.717) is 5.82 Å². The minimum Gasteiger partial charge on any atom is -0.383 e. The topological polar surface area (TPSA) is 88.5 Å². The fraction of sp³-hybridized carbons (Fsp3) is 0.346. The quantitative estimate of drug-likeness (QED) is 0.463. The number of nitrogens with zero attached hydrogens (tertiary/aromatic N) is 3. The molecule has 0 unspecified atom stereocenters. The van der Waals surface area contributed by atoms with Crippen LogP contribution in [-0.4, -0.2) is 53.4 Å². The van der Waals surface area contributed by atoms with Crippen LogP contribution >= 0.6 is 0 Å². The molecule has 0 aliphatic rings. The number of urea groups is 1. The number of hydrogen-bond donors (Lipinski definition) is 2. The van der Waals surface area contributed by atoms with Crippen molar-refractivity contribution in [3.05, 3.63) is 71.4 Å². The van der Waals surface area contributed by atoms with E-state index in [4.69, 9.17) is 9.84 Å². The van der Waals surface area contributed by atoms with Gasteiger partial charge in [0.1, 0.15) is 12.4 Å². The largest absolute Gasteiger partial charge is 0.383 e. The van der Waals surface area contributed by atoms with E-state index in [-0.39, 0.29) is 30.8 Å². The van der Waals surface area contributed by atoms with Crippen LogP contribution in [0, 0.1) is 18.6 Å². The maximum Gasteiger partial charge on any atom is 0.322 e. The molecular formula is C26H31F2N5O3. The number of aromatic nitrogens is 2. The summed E-state index contributed by atoms with van der Waals surface area (Å²) in [6.45, 7) is 8.00. The molecule has 2 aromatic carbocycles. The third-order valence-corrected chi connectivity index (χ3v) is 5.45. The number of methoxy groups -OCH3 is 1. The summed E-state index contributed by atoms with van der Waals surface area (Å²) in [6.07, 6.45) is 0. The summed E-state index contributed by atoms with van der Waals surface area (Å²) < 4.78 is 33.5. The lowest BCUT2D eigenvalue weighted by atomic mass is 9.92. The van der Waals surface area contributed by atoms with E-state index in [1.807, 2.05) is 58.0 Å². The molecule has 192 valence electrons. The van der Waals surface area contributed by atoms with E-state index >= 15 is 0 Å². The van der Waals surface area contributed by atoms with Gasteiger partial charge in [0.2, 0.25) is 5.91 Å². The Morgan fingerprint density at radius 3 is 2.42 bits per heavy atom. The molecule has 0 saturated heterocycles. The van der Waals surface area contributed by atoms with Crippen molar-refractivity contribution in [2.75, 3.05) is 37.4 Å². The van der Waals surface area contributed by atoms with Crippen molar-refractivity contribution in [1.82, 2.24) is 14.7 Å². The van der Waals surface area contributed by atoms with Gasteiger partial charge in [-0.1, -0.05) is 39.0 Å². The number of anilines is 2. The number of benzene rings is 2. The Kier molecular flexibility index (Phi) is 8.41. The van der Waals surface area contributed by atoms with Crippen molar-refractivity contribution < 1.29 is 23.1 Å². The van der Waals surface area contributed by atoms with Crippen LogP contribution in [0.5, 0.6) is 0 Å². The molecule has 0 aliphatic carbocycles. The molecular weight excluding hydrogens is 468 g/mol. The minimum atomic E-state index is -1.09. The Morgan fingerprint density at radius 2 is 1.78 bits per heavy atom. The summed E-state index contributed by atoms with van der Waals surface area (Å²) in [6, 6.07) is 11.8. The monoisotopic (exact) mass is 499 g/mol. The molecule has 3 rings (SSSR count). The normalized spacial score (nSPS) is 11.3. The number of para-hydroxylation sites is 1. The van der Waals surface area contributed by atoms with Crippen molar-refractivity contribution >= 4 is 23.4 Å². The lowest BCUT2D eigenvalue weighted by molar-refractivity contribution is -0.116. The Labute approximate surface area is 209 Å². The summed E-state index contributed by atoms with van der Waals surface area (Å²) in [7, 11) is 1.47. The molecule has 2 N–H and O–H groups in total. The average Bonchev–Trinajstić information content (AvgIpc) is 3.23. The highest BCUT2D eigenvalue weighted by molar-refractivity contribution is 5.96. The number of rotatable bonds is 8. The van der Waals surface area contributed by atoms with Gasteiger partial charge in [0.25, 0.3) is 0 Å². The van der Waals surface area contributed by atoms with Gasteiger partial charge < -0.3 is 20.3 Å². The third kappa shape index (κ3) is 6.66. The Morgan fingerprint density at radius 1 is 1.06 bits per heavy atom. The van der Waals surface area contributed by atoms with Gasteiger partial charge in [0, 0.05) is 36.9 Å². The first-order valence-electron chi connectivity index (χ1n) is 11.5. The molecule has 36 heavy (non-hydrogen) atoms. The van der Waals surface area contributed by atoms with Crippen LogP contribution in [0.3, 0.4) is 0 Å². The maximum absolute atomic E-state index is 13.5. The molecule has 0 saturated carbocycles. The van der Waals surface area contributed by atoms with Crippen LogP contribution in [-0.2, 0) is 14.9 Å². The van der Waals surface area contributed by atoms with Crippen molar-refractivity contribution in [2.24, 2.45) is 0 Å². The van der Waals surface area contributed by atoms with Crippen LogP contribution in [0.4, 0.5) is 25.1 Å². The van der Waals surface area contributed by atoms with Gasteiger partial charge in [0.05, 0.1) is 18.0 Å². The van der Waals surface area contributed by atoms with Crippen molar-refractivity contribution in [3.63, 3.8) is 0 Å². The number of amides is 3. The summed E-state index contributed by atoms with van der Waals surface area (Å²) >= 11 is 0. The van der Waals surface area contributed by atoms with Crippen molar-refractivity contribution in [1.29, 1.82) is 0 Å². The van der Waals surface area contributed by atoms with Crippen molar-refractivity contribution in [2.45, 2.75) is 33.1 Å². The molecule has 1 aromatic heterocycles. The number of carbonyl (C=O) groups excluding carboxylic acids is 2. The number of carbonyl (C=O) groups is 2. The zero-order valence-electron chi connectivity index (χ0n) is 21.1. The number of ether oxygens (including phenoxy) is 1. The molecule has 0 spiro atoms. The second kappa shape index (κ2) is 11.3. The van der Waals surface area contributed by atoms with Gasteiger partial charge in [0.15, 0.2) is 11.6 Å². The Balaban J connectivity index is 1.82. The van der Waals surface area contributed by atoms with E-state index in [9.17, 15) is 18.4 Å². The first-order chi connectivity index (χ1) is 17.0. The average molecular weight is 500 g/mol. The zero-order chi connectivity index (χ0) is 26.5. The number of halogens is 2. The molecule has 3 aromatic rings. The number of nitrogens with one attached hydrogen (secondary N) is 2. The van der Waals surface area contributed by atoms with Crippen molar-refractivity contribution in [3.8, 4) is 5.69 Å². The van der Waals surface area contributed by atoms with E-state index < -0.39 is 23.6 Å². The molecule has 1 heterocycles. The second-order valence-electron chi connectivity index (χ2n) is 9.38. The van der Waals surface area contributed by atoms with Gasteiger partial charge in [-0.15, -0.1) is 0 Å². The first-order valence-corrected chi connectivity index (χ1v) is 11.5. The lowest BCUT2D eigenvalue weighted by Gasteiger charge is -2.22.